The summed E-state index contributed by atoms with van der Waals surface area (Å²) in [5.74, 6) is 4.29. The van der Waals surface area contributed by atoms with E-state index in [1.165, 1.54) is 32.1 Å². The Morgan fingerprint density at radius 3 is 2.30 bits per heavy atom. The Labute approximate surface area is 120 Å². The van der Waals surface area contributed by atoms with Crippen LogP contribution in [0, 0.1) is 29.6 Å². The lowest BCUT2D eigenvalue weighted by Crippen LogP contribution is -2.66. The van der Waals surface area contributed by atoms with Gasteiger partial charge in [0.25, 0.3) is 5.91 Å². The molecule has 2 N–H and O–H groups in total. The van der Waals surface area contributed by atoms with Gasteiger partial charge in [0.15, 0.2) is 5.96 Å². The van der Waals surface area contributed by atoms with Crippen LogP contribution in [0.15, 0.2) is 4.99 Å². The van der Waals surface area contributed by atoms with Gasteiger partial charge in [-0.2, -0.15) is 0 Å². The highest BCUT2D eigenvalue weighted by Gasteiger charge is 2.63. The van der Waals surface area contributed by atoms with E-state index in [9.17, 15) is 4.79 Å². The third kappa shape index (κ3) is 1.66. The summed E-state index contributed by atoms with van der Waals surface area (Å²) in [6, 6.07) is 0. The first-order valence-corrected chi connectivity index (χ1v) is 8.22. The van der Waals surface area contributed by atoms with Gasteiger partial charge in [-0.3, -0.25) is 15.1 Å². The second-order valence-electron chi connectivity index (χ2n) is 7.84. The highest BCUT2D eigenvalue weighted by molar-refractivity contribution is 6.09. The summed E-state index contributed by atoms with van der Waals surface area (Å²) in [4.78, 5) is 17.2. The Hall–Kier alpha value is -1.06. The fourth-order valence-electron chi connectivity index (χ4n) is 5.35. The van der Waals surface area contributed by atoms with Crippen molar-refractivity contribution in [3.8, 4) is 0 Å². The zero-order valence-corrected chi connectivity index (χ0v) is 12.5. The predicted molar refractivity (Wildman–Crippen MR) is 78.2 cm³/mol. The van der Waals surface area contributed by atoms with Gasteiger partial charge in [0.1, 0.15) is 5.54 Å². The minimum atomic E-state index is -0.316. The molecule has 0 aromatic carbocycles. The van der Waals surface area contributed by atoms with Crippen molar-refractivity contribution in [1.82, 2.24) is 10.6 Å². The number of carbonyl (C=O) groups excluding carboxylic acids is 1. The van der Waals surface area contributed by atoms with Gasteiger partial charge < -0.3 is 5.32 Å². The Balaban J connectivity index is 1.61. The van der Waals surface area contributed by atoms with E-state index in [1.807, 2.05) is 0 Å². The van der Waals surface area contributed by atoms with Crippen molar-refractivity contribution < 1.29 is 4.79 Å². The van der Waals surface area contributed by atoms with E-state index < -0.39 is 0 Å². The number of hydrogen-bond acceptors (Lipinski definition) is 2. The smallest absolute Gasteiger partial charge is 0.252 e. The zero-order chi connectivity index (χ0) is 13.9. The maximum absolute atomic E-state index is 12.7. The molecule has 1 saturated heterocycles. The fraction of sp³-hybridized carbons (Fsp3) is 0.875. The Bertz CT molecular complexity index is 440. The molecule has 5 aliphatic rings. The zero-order valence-electron chi connectivity index (χ0n) is 12.5. The third-order valence-corrected chi connectivity index (χ3v) is 5.97. The molecule has 4 bridgehead atoms. The highest BCUT2D eigenvalue weighted by Crippen LogP contribution is 2.58. The van der Waals surface area contributed by atoms with Gasteiger partial charge in [-0.25, -0.2) is 0 Å². The monoisotopic (exact) mass is 275 g/mol. The van der Waals surface area contributed by atoms with Crippen LogP contribution >= 0.6 is 0 Å². The van der Waals surface area contributed by atoms with Gasteiger partial charge in [-0.05, 0) is 61.7 Å². The molecule has 4 nitrogen and oxygen atoms in total. The van der Waals surface area contributed by atoms with Crippen LogP contribution in [0.3, 0.4) is 0 Å². The van der Waals surface area contributed by atoms with Crippen LogP contribution in [0.2, 0.25) is 0 Å². The summed E-state index contributed by atoms with van der Waals surface area (Å²) < 4.78 is 0. The van der Waals surface area contributed by atoms with Crippen molar-refractivity contribution in [3.63, 3.8) is 0 Å². The summed E-state index contributed by atoms with van der Waals surface area (Å²) in [6.07, 6.45) is 6.38. The SMILES string of the molecule is CC(C)CN=C1NC(=O)C2(N1)C1CC3CC(C1)CC2C3. The standard InChI is InChI=1S/C16H25N3O/c1-9(2)8-17-15-18-14(20)16(19-15)12-4-10-3-11(6-12)7-13(16)5-10/h9-13H,3-8H2,1-2H3,(H2,17,18,19,20). The van der Waals surface area contributed by atoms with Crippen LogP contribution in [-0.2, 0) is 4.79 Å². The van der Waals surface area contributed by atoms with Crippen molar-refractivity contribution >= 4 is 11.9 Å². The van der Waals surface area contributed by atoms with Gasteiger partial charge in [-0.1, -0.05) is 13.8 Å². The summed E-state index contributed by atoms with van der Waals surface area (Å²) in [7, 11) is 0. The van der Waals surface area contributed by atoms with Crippen molar-refractivity contribution in [2.75, 3.05) is 6.54 Å². The largest absolute Gasteiger partial charge is 0.341 e. The summed E-state index contributed by atoms with van der Waals surface area (Å²) in [5.41, 5.74) is -0.316. The average molecular weight is 275 g/mol. The van der Waals surface area contributed by atoms with E-state index in [0.29, 0.717) is 17.8 Å². The van der Waals surface area contributed by atoms with Gasteiger partial charge in [0.05, 0.1) is 0 Å². The molecule has 4 saturated carbocycles. The van der Waals surface area contributed by atoms with E-state index in [-0.39, 0.29) is 11.4 Å². The van der Waals surface area contributed by atoms with E-state index in [0.717, 1.165) is 24.3 Å². The van der Waals surface area contributed by atoms with Crippen LogP contribution in [-0.4, -0.2) is 24.0 Å². The lowest BCUT2D eigenvalue weighted by molar-refractivity contribution is -0.140. The molecule has 0 aromatic rings. The lowest BCUT2D eigenvalue weighted by atomic mass is 9.48. The third-order valence-electron chi connectivity index (χ3n) is 5.97. The summed E-state index contributed by atoms with van der Waals surface area (Å²) in [6.45, 7) is 5.08. The number of rotatable bonds is 2. The van der Waals surface area contributed by atoms with Crippen LogP contribution in [0.25, 0.3) is 0 Å². The van der Waals surface area contributed by atoms with E-state index >= 15 is 0 Å². The maximum atomic E-state index is 12.7. The average Bonchev–Trinajstić information content (AvgIpc) is 2.71. The number of hydrogen-bond donors (Lipinski definition) is 2. The number of guanidine groups is 1. The van der Waals surface area contributed by atoms with E-state index in [4.69, 9.17) is 0 Å². The van der Waals surface area contributed by atoms with Gasteiger partial charge >= 0.3 is 0 Å². The first-order valence-electron chi connectivity index (χ1n) is 8.22. The van der Waals surface area contributed by atoms with Crippen molar-refractivity contribution in [3.05, 3.63) is 0 Å². The van der Waals surface area contributed by atoms with Crippen molar-refractivity contribution in [1.29, 1.82) is 0 Å². The molecule has 4 heteroatoms. The molecule has 0 aromatic heterocycles. The van der Waals surface area contributed by atoms with Gasteiger partial charge in [-0.15, -0.1) is 0 Å². The number of aliphatic imine (C=N–C) groups is 1. The first kappa shape index (κ1) is 12.7. The van der Waals surface area contributed by atoms with Crippen LogP contribution < -0.4 is 10.6 Å². The molecule has 0 unspecified atom stereocenters. The van der Waals surface area contributed by atoms with E-state index in [1.54, 1.807) is 0 Å². The highest BCUT2D eigenvalue weighted by atomic mass is 16.2. The molecule has 1 aliphatic heterocycles. The molecule has 5 fully saturated rings. The predicted octanol–water partition coefficient (Wildman–Crippen LogP) is 1.91. The van der Waals surface area contributed by atoms with Gasteiger partial charge in [0, 0.05) is 6.54 Å². The summed E-state index contributed by atoms with van der Waals surface area (Å²) >= 11 is 0. The normalized spacial score (nSPS) is 47.4. The molecular formula is C16H25N3O. The number of carbonyl (C=O) groups is 1. The molecular weight excluding hydrogens is 250 g/mol. The second kappa shape index (κ2) is 4.22. The minimum Gasteiger partial charge on any atom is -0.341 e. The van der Waals surface area contributed by atoms with Crippen molar-refractivity contribution in [2.45, 2.75) is 51.5 Å². The second-order valence-corrected chi connectivity index (χ2v) is 7.84. The summed E-state index contributed by atoms with van der Waals surface area (Å²) in [5, 5.41) is 6.57. The first-order chi connectivity index (χ1) is 9.58. The fourth-order valence-corrected chi connectivity index (χ4v) is 5.35. The molecule has 1 amide bonds. The molecule has 4 aliphatic carbocycles. The molecule has 110 valence electrons. The Morgan fingerprint density at radius 2 is 1.75 bits per heavy atom. The molecule has 1 heterocycles. The van der Waals surface area contributed by atoms with Crippen LogP contribution in [0.1, 0.15) is 46.0 Å². The maximum Gasteiger partial charge on any atom is 0.252 e. The Kier molecular flexibility index (Phi) is 2.67. The number of amides is 1. The van der Waals surface area contributed by atoms with Crippen LogP contribution in [0.5, 0.6) is 0 Å². The molecule has 0 atom stereocenters. The topological polar surface area (TPSA) is 53.5 Å². The number of nitrogens with zero attached hydrogens (tertiary/aromatic N) is 1. The van der Waals surface area contributed by atoms with E-state index in [2.05, 4.69) is 29.5 Å². The lowest BCUT2D eigenvalue weighted by Gasteiger charge is -2.58. The van der Waals surface area contributed by atoms with Crippen LogP contribution in [0.4, 0.5) is 0 Å². The van der Waals surface area contributed by atoms with Gasteiger partial charge in [0.2, 0.25) is 0 Å². The molecule has 5 rings (SSSR count). The minimum absolute atomic E-state index is 0.203. The Morgan fingerprint density at radius 1 is 1.15 bits per heavy atom. The quantitative estimate of drug-likeness (QED) is 0.809. The number of nitrogens with one attached hydrogen (secondary N) is 2. The molecule has 1 spiro atoms. The molecule has 20 heavy (non-hydrogen) atoms. The van der Waals surface area contributed by atoms with Crippen molar-refractivity contribution in [2.24, 2.45) is 34.6 Å². The molecule has 0 radical (unpaired) electrons.